The molecule has 0 unspecified atom stereocenters. The van der Waals surface area contributed by atoms with Crippen molar-refractivity contribution in [3.05, 3.63) is 71.3 Å². The fourth-order valence-electron chi connectivity index (χ4n) is 3.71. The lowest BCUT2D eigenvalue weighted by Crippen LogP contribution is -2.49. The van der Waals surface area contributed by atoms with Gasteiger partial charge in [0.2, 0.25) is 11.8 Å². The fraction of sp³-hybridized carbons (Fsp3) is 0.391. The van der Waals surface area contributed by atoms with Gasteiger partial charge in [0.05, 0.1) is 12.5 Å². The van der Waals surface area contributed by atoms with Crippen molar-refractivity contribution >= 4 is 11.8 Å². The van der Waals surface area contributed by atoms with Gasteiger partial charge in [-0.15, -0.1) is 0 Å². The van der Waals surface area contributed by atoms with Crippen molar-refractivity contribution in [3.63, 3.8) is 0 Å². The highest BCUT2D eigenvalue weighted by atomic mass is 16.2. The number of rotatable bonds is 6. The maximum atomic E-state index is 12.8. The van der Waals surface area contributed by atoms with E-state index in [0.717, 1.165) is 38.3 Å². The monoisotopic (exact) mass is 379 g/mol. The molecule has 1 saturated heterocycles. The van der Waals surface area contributed by atoms with Crippen LogP contribution in [-0.4, -0.2) is 47.8 Å². The van der Waals surface area contributed by atoms with E-state index in [2.05, 4.69) is 41.4 Å². The standard InChI is InChI=1S/C23H29N3O2/c1-18-7-6-8-20(15-18)17-25-11-13-26(14-12-25)23(28)16-22(24-19(2)27)21-9-4-3-5-10-21/h3-10,15,22H,11-14,16-17H2,1-2H3,(H,24,27)/t22-/m1/s1. The fourth-order valence-corrected chi connectivity index (χ4v) is 3.71. The largest absolute Gasteiger partial charge is 0.349 e. The normalized spacial score (nSPS) is 15.9. The Kier molecular flexibility index (Phi) is 6.82. The quantitative estimate of drug-likeness (QED) is 0.840. The lowest BCUT2D eigenvalue weighted by molar-refractivity contribution is -0.133. The number of nitrogens with one attached hydrogen (secondary N) is 1. The summed E-state index contributed by atoms with van der Waals surface area (Å²) in [5.74, 6) is -0.0255. The molecule has 1 heterocycles. The maximum absolute atomic E-state index is 12.8. The predicted molar refractivity (Wildman–Crippen MR) is 111 cm³/mol. The van der Waals surface area contributed by atoms with Crippen LogP contribution in [0.25, 0.3) is 0 Å². The summed E-state index contributed by atoms with van der Waals surface area (Å²) < 4.78 is 0. The van der Waals surface area contributed by atoms with Crippen LogP contribution in [0.3, 0.4) is 0 Å². The minimum atomic E-state index is -0.281. The molecule has 1 fully saturated rings. The van der Waals surface area contributed by atoms with Crippen molar-refractivity contribution in [2.45, 2.75) is 32.9 Å². The smallest absolute Gasteiger partial charge is 0.225 e. The summed E-state index contributed by atoms with van der Waals surface area (Å²) in [6.07, 6.45) is 0.293. The Balaban J connectivity index is 1.54. The van der Waals surface area contributed by atoms with Crippen LogP contribution >= 0.6 is 0 Å². The lowest BCUT2D eigenvalue weighted by Gasteiger charge is -2.35. The predicted octanol–water partition coefficient (Wildman–Crippen LogP) is 2.91. The Hall–Kier alpha value is -2.66. The third kappa shape index (κ3) is 5.67. The summed E-state index contributed by atoms with van der Waals surface area (Å²) in [4.78, 5) is 28.7. The molecular weight excluding hydrogens is 350 g/mol. The Bertz CT molecular complexity index is 799. The number of piperazine rings is 1. The molecule has 0 bridgehead atoms. The number of carbonyl (C=O) groups excluding carboxylic acids is 2. The first-order valence-corrected chi connectivity index (χ1v) is 9.89. The summed E-state index contributed by atoms with van der Waals surface area (Å²) in [6.45, 7) is 7.72. The van der Waals surface area contributed by atoms with Crippen LogP contribution in [0.2, 0.25) is 0 Å². The van der Waals surface area contributed by atoms with Crippen molar-refractivity contribution in [2.75, 3.05) is 26.2 Å². The van der Waals surface area contributed by atoms with E-state index < -0.39 is 0 Å². The van der Waals surface area contributed by atoms with Crippen molar-refractivity contribution in [1.82, 2.24) is 15.1 Å². The third-order valence-electron chi connectivity index (χ3n) is 5.17. The zero-order valence-electron chi connectivity index (χ0n) is 16.7. The zero-order chi connectivity index (χ0) is 19.9. The van der Waals surface area contributed by atoms with E-state index in [4.69, 9.17) is 0 Å². The van der Waals surface area contributed by atoms with Crippen molar-refractivity contribution in [2.24, 2.45) is 0 Å². The topological polar surface area (TPSA) is 52.7 Å². The molecule has 0 aliphatic carbocycles. The number of benzene rings is 2. The first-order valence-electron chi connectivity index (χ1n) is 9.89. The number of nitrogens with zero attached hydrogens (tertiary/aromatic N) is 2. The van der Waals surface area contributed by atoms with Gasteiger partial charge in [-0.1, -0.05) is 60.2 Å². The van der Waals surface area contributed by atoms with E-state index in [0.29, 0.717) is 6.42 Å². The minimum Gasteiger partial charge on any atom is -0.349 e. The summed E-state index contributed by atoms with van der Waals surface area (Å²) in [6, 6.07) is 18.0. The second-order valence-electron chi connectivity index (χ2n) is 7.51. The van der Waals surface area contributed by atoms with E-state index in [1.807, 2.05) is 35.2 Å². The average molecular weight is 380 g/mol. The van der Waals surface area contributed by atoms with Gasteiger partial charge in [-0.3, -0.25) is 14.5 Å². The van der Waals surface area contributed by atoms with Crippen LogP contribution in [0, 0.1) is 6.92 Å². The molecule has 148 valence electrons. The van der Waals surface area contributed by atoms with Crippen LogP contribution in [0.4, 0.5) is 0 Å². The number of aryl methyl sites for hydroxylation is 1. The molecule has 2 aromatic rings. The molecule has 0 saturated carbocycles. The number of hydrogen-bond acceptors (Lipinski definition) is 3. The first kappa shape index (κ1) is 20.1. The Labute approximate surface area is 167 Å². The maximum Gasteiger partial charge on any atom is 0.225 e. The van der Waals surface area contributed by atoms with Crippen molar-refractivity contribution in [1.29, 1.82) is 0 Å². The molecule has 1 N–H and O–H groups in total. The SMILES string of the molecule is CC(=O)N[C@H](CC(=O)N1CCN(Cc2cccc(C)c2)CC1)c1ccccc1. The Morgan fingerprint density at radius 2 is 1.71 bits per heavy atom. The Morgan fingerprint density at radius 1 is 1.00 bits per heavy atom. The summed E-state index contributed by atoms with van der Waals surface area (Å²) in [7, 11) is 0. The molecule has 2 amide bonds. The van der Waals surface area contributed by atoms with E-state index in [1.165, 1.54) is 18.1 Å². The Morgan fingerprint density at radius 3 is 2.36 bits per heavy atom. The van der Waals surface area contributed by atoms with E-state index in [1.54, 1.807) is 0 Å². The molecule has 28 heavy (non-hydrogen) atoms. The van der Waals surface area contributed by atoms with Gasteiger partial charge in [0.1, 0.15) is 0 Å². The number of hydrogen-bond donors (Lipinski definition) is 1. The zero-order valence-corrected chi connectivity index (χ0v) is 16.7. The molecular formula is C23H29N3O2. The molecule has 3 rings (SSSR count). The van der Waals surface area contributed by atoms with E-state index in [9.17, 15) is 9.59 Å². The molecule has 5 nitrogen and oxygen atoms in total. The van der Waals surface area contributed by atoms with E-state index in [-0.39, 0.29) is 17.9 Å². The van der Waals surface area contributed by atoms with Gasteiger partial charge in [-0.05, 0) is 18.1 Å². The molecule has 0 radical (unpaired) electrons. The molecule has 2 aromatic carbocycles. The molecule has 1 atom stereocenters. The van der Waals surface area contributed by atoms with Crippen molar-refractivity contribution in [3.8, 4) is 0 Å². The summed E-state index contributed by atoms with van der Waals surface area (Å²) >= 11 is 0. The molecule has 0 spiro atoms. The van der Waals surface area contributed by atoms with Crippen LogP contribution in [-0.2, 0) is 16.1 Å². The third-order valence-corrected chi connectivity index (χ3v) is 5.17. The average Bonchev–Trinajstić information content (AvgIpc) is 2.68. The second-order valence-corrected chi connectivity index (χ2v) is 7.51. The second kappa shape index (κ2) is 9.51. The summed E-state index contributed by atoms with van der Waals surface area (Å²) in [5.41, 5.74) is 3.55. The van der Waals surface area contributed by atoms with Gasteiger partial charge < -0.3 is 10.2 Å². The van der Waals surface area contributed by atoms with Gasteiger partial charge in [0.25, 0.3) is 0 Å². The van der Waals surface area contributed by atoms with Crippen LogP contribution < -0.4 is 5.32 Å². The molecule has 1 aliphatic rings. The molecule has 1 aliphatic heterocycles. The molecule has 0 aromatic heterocycles. The van der Waals surface area contributed by atoms with Gasteiger partial charge in [0, 0.05) is 39.6 Å². The highest BCUT2D eigenvalue weighted by molar-refractivity contribution is 5.79. The van der Waals surface area contributed by atoms with Crippen LogP contribution in [0.1, 0.15) is 36.1 Å². The minimum absolute atomic E-state index is 0.0952. The number of carbonyl (C=O) groups is 2. The summed E-state index contributed by atoms with van der Waals surface area (Å²) in [5, 5.41) is 2.92. The van der Waals surface area contributed by atoms with Gasteiger partial charge in [0.15, 0.2) is 0 Å². The van der Waals surface area contributed by atoms with Crippen LogP contribution in [0.15, 0.2) is 54.6 Å². The van der Waals surface area contributed by atoms with Crippen molar-refractivity contribution < 1.29 is 9.59 Å². The lowest BCUT2D eigenvalue weighted by atomic mass is 10.0. The molecule has 5 heteroatoms. The van der Waals surface area contributed by atoms with Gasteiger partial charge in [-0.2, -0.15) is 0 Å². The highest BCUT2D eigenvalue weighted by Crippen LogP contribution is 2.19. The number of amides is 2. The van der Waals surface area contributed by atoms with Gasteiger partial charge >= 0.3 is 0 Å². The van der Waals surface area contributed by atoms with E-state index >= 15 is 0 Å². The first-order chi connectivity index (χ1) is 13.5. The highest BCUT2D eigenvalue weighted by Gasteiger charge is 2.24. The van der Waals surface area contributed by atoms with Gasteiger partial charge in [-0.25, -0.2) is 0 Å². The van der Waals surface area contributed by atoms with Crippen LogP contribution in [0.5, 0.6) is 0 Å².